The first-order valence-electron chi connectivity index (χ1n) is 8.22. The molecule has 128 valence electrons. The molecule has 25 heavy (non-hydrogen) atoms. The van der Waals surface area contributed by atoms with Crippen LogP contribution in [0.2, 0.25) is 0 Å². The number of anilines is 1. The Labute approximate surface area is 146 Å². The number of carbonyl (C=O) groups is 2. The van der Waals surface area contributed by atoms with Gasteiger partial charge in [-0.05, 0) is 29.7 Å². The lowest BCUT2D eigenvalue weighted by Crippen LogP contribution is -2.40. The molecular weight excluding hydrogens is 316 g/mol. The Bertz CT molecular complexity index is 769. The highest BCUT2D eigenvalue weighted by Crippen LogP contribution is 2.21. The molecule has 0 bridgehead atoms. The Hall–Kier alpha value is -2.92. The van der Waals surface area contributed by atoms with Crippen molar-refractivity contribution < 1.29 is 14.7 Å². The van der Waals surface area contributed by atoms with Crippen molar-refractivity contribution in [2.24, 2.45) is 5.92 Å². The van der Waals surface area contributed by atoms with Gasteiger partial charge in [0, 0.05) is 24.3 Å². The second-order valence-corrected chi connectivity index (χ2v) is 6.04. The summed E-state index contributed by atoms with van der Waals surface area (Å²) in [5, 5.41) is 14.3. The minimum absolute atomic E-state index is 0.0406. The molecule has 0 radical (unpaired) electrons. The largest absolute Gasteiger partial charge is 0.396 e. The van der Waals surface area contributed by atoms with Crippen molar-refractivity contribution in [1.82, 2.24) is 5.32 Å². The van der Waals surface area contributed by atoms with E-state index in [-0.39, 0.29) is 18.6 Å². The zero-order valence-corrected chi connectivity index (χ0v) is 13.7. The van der Waals surface area contributed by atoms with Gasteiger partial charge in [-0.15, -0.1) is 0 Å². The minimum Gasteiger partial charge on any atom is -0.396 e. The molecule has 0 aromatic heterocycles. The molecule has 2 aromatic rings. The average Bonchev–Trinajstić information content (AvgIpc) is 3.10. The molecule has 0 fully saturated rings. The highest BCUT2D eigenvalue weighted by molar-refractivity contribution is 6.39. The van der Waals surface area contributed by atoms with Gasteiger partial charge in [-0.3, -0.25) is 9.59 Å². The maximum atomic E-state index is 12.0. The van der Waals surface area contributed by atoms with Crippen molar-refractivity contribution in [1.29, 1.82) is 0 Å². The van der Waals surface area contributed by atoms with Crippen molar-refractivity contribution in [3.05, 3.63) is 66.7 Å². The van der Waals surface area contributed by atoms with Crippen LogP contribution in [-0.4, -0.2) is 29.6 Å². The van der Waals surface area contributed by atoms with E-state index in [1.807, 2.05) is 48.5 Å². The fourth-order valence-corrected chi connectivity index (χ4v) is 2.82. The molecule has 0 aliphatic heterocycles. The van der Waals surface area contributed by atoms with Gasteiger partial charge in [-0.25, -0.2) is 0 Å². The fourth-order valence-electron chi connectivity index (χ4n) is 2.82. The summed E-state index contributed by atoms with van der Waals surface area (Å²) in [7, 11) is 0. The molecule has 0 saturated carbocycles. The number of carbonyl (C=O) groups excluding carboxylic acids is 2. The first-order chi connectivity index (χ1) is 12.2. The van der Waals surface area contributed by atoms with Gasteiger partial charge in [0.15, 0.2) is 0 Å². The van der Waals surface area contributed by atoms with Gasteiger partial charge in [-0.1, -0.05) is 54.6 Å². The van der Waals surface area contributed by atoms with E-state index in [0.29, 0.717) is 12.1 Å². The molecule has 0 spiro atoms. The monoisotopic (exact) mass is 336 g/mol. The Morgan fingerprint density at radius 2 is 1.60 bits per heavy atom. The normalized spacial score (nSPS) is 18.8. The number of aliphatic hydroxyl groups excluding tert-OH is 1. The van der Waals surface area contributed by atoms with Crippen molar-refractivity contribution in [2.75, 3.05) is 11.9 Å². The molecule has 0 heterocycles. The Morgan fingerprint density at radius 1 is 0.920 bits per heavy atom. The van der Waals surface area contributed by atoms with E-state index in [9.17, 15) is 9.59 Å². The molecule has 5 nitrogen and oxygen atoms in total. The smallest absolute Gasteiger partial charge is 0.313 e. The number of aliphatic hydroxyl groups is 1. The van der Waals surface area contributed by atoms with E-state index in [2.05, 4.69) is 10.6 Å². The van der Waals surface area contributed by atoms with Crippen LogP contribution in [0.4, 0.5) is 5.69 Å². The van der Waals surface area contributed by atoms with Crippen molar-refractivity contribution in [3.63, 3.8) is 0 Å². The van der Waals surface area contributed by atoms with Crippen LogP contribution in [0.15, 0.2) is 66.7 Å². The second kappa shape index (κ2) is 7.77. The Morgan fingerprint density at radius 3 is 2.24 bits per heavy atom. The maximum Gasteiger partial charge on any atom is 0.313 e. The SMILES string of the molecule is O=C(Nc1ccc(-c2ccccc2)cc1)C(=O)N[C@@H]1C=C[C@H](CO)C1. The van der Waals surface area contributed by atoms with Gasteiger partial charge in [0.25, 0.3) is 0 Å². The number of hydrogen-bond acceptors (Lipinski definition) is 3. The molecule has 2 atom stereocenters. The third-order valence-electron chi connectivity index (χ3n) is 4.18. The van der Waals surface area contributed by atoms with Crippen molar-refractivity contribution in [3.8, 4) is 11.1 Å². The topological polar surface area (TPSA) is 78.4 Å². The van der Waals surface area contributed by atoms with Crippen LogP contribution in [0.1, 0.15) is 6.42 Å². The molecule has 3 N–H and O–H groups in total. The summed E-state index contributed by atoms with van der Waals surface area (Å²) >= 11 is 0. The zero-order chi connectivity index (χ0) is 17.6. The van der Waals surface area contributed by atoms with Gasteiger partial charge < -0.3 is 15.7 Å². The van der Waals surface area contributed by atoms with E-state index in [0.717, 1.165) is 11.1 Å². The highest BCUT2D eigenvalue weighted by atomic mass is 16.3. The van der Waals surface area contributed by atoms with E-state index >= 15 is 0 Å². The van der Waals surface area contributed by atoms with Crippen LogP contribution in [0.5, 0.6) is 0 Å². The van der Waals surface area contributed by atoms with Crippen molar-refractivity contribution >= 4 is 17.5 Å². The van der Waals surface area contributed by atoms with Gasteiger partial charge in [0.1, 0.15) is 0 Å². The number of amides is 2. The molecular formula is C20H20N2O3. The van der Waals surface area contributed by atoms with E-state index in [1.165, 1.54) is 0 Å². The van der Waals surface area contributed by atoms with Gasteiger partial charge in [0.2, 0.25) is 0 Å². The maximum absolute atomic E-state index is 12.0. The summed E-state index contributed by atoms with van der Waals surface area (Å²) in [6, 6.07) is 17.0. The summed E-state index contributed by atoms with van der Waals surface area (Å²) in [4.78, 5) is 24.0. The summed E-state index contributed by atoms with van der Waals surface area (Å²) in [6.45, 7) is 0.0445. The highest BCUT2D eigenvalue weighted by Gasteiger charge is 2.22. The van der Waals surface area contributed by atoms with Gasteiger partial charge in [-0.2, -0.15) is 0 Å². The standard InChI is InChI=1S/C20H20N2O3/c23-13-14-6-9-18(12-14)22-20(25)19(24)21-17-10-7-16(8-11-17)15-4-2-1-3-5-15/h1-11,14,18,23H,12-13H2,(H,21,24)(H,22,25)/t14-,18+/m0/s1. The van der Waals surface area contributed by atoms with Crippen LogP contribution in [0.25, 0.3) is 11.1 Å². The average molecular weight is 336 g/mol. The minimum atomic E-state index is -0.701. The first-order valence-corrected chi connectivity index (χ1v) is 8.22. The number of benzene rings is 2. The summed E-state index contributed by atoms with van der Waals surface area (Å²) < 4.78 is 0. The predicted molar refractivity (Wildman–Crippen MR) is 96.8 cm³/mol. The van der Waals surface area contributed by atoms with Crippen LogP contribution in [0.3, 0.4) is 0 Å². The Kier molecular flexibility index (Phi) is 5.26. The van der Waals surface area contributed by atoms with E-state index < -0.39 is 11.8 Å². The van der Waals surface area contributed by atoms with E-state index in [1.54, 1.807) is 18.2 Å². The molecule has 2 amide bonds. The van der Waals surface area contributed by atoms with Crippen LogP contribution in [-0.2, 0) is 9.59 Å². The summed E-state index contributed by atoms with van der Waals surface area (Å²) in [5.41, 5.74) is 2.69. The quantitative estimate of drug-likeness (QED) is 0.592. The summed E-state index contributed by atoms with van der Waals surface area (Å²) in [6.07, 6.45) is 4.27. The molecule has 2 aromatic carbocycles. The zero-order valence-electron chi connectivity index (χ0n) is 13.7. The molecule has 1 aliphatic carbocycles. The molecule has 3 rings (SSSR count). The third kappa shape index (κ3) is 4.33. The fraction of sp³-hybridized carbons (Fsp3) is 0.200. The van der Waals surface area contributed by atoms with E-state index in [4.69, 9.17) is 5.11 Å². The predicted octanol–water partition coefficient (Wildman–Crippen LogP) is 2.35. The molecule has 0 saturated heterocycles. The second-order valence-electron chi connectivity index (χ2n) is 6.04. The number of hydrogen-bond donors (Lipinski definition) is 3. The van der Waals surface area contributed by atoms with Gasteiger partial charge >= 0.3 is 11.8 Å². The van der Waals surface area contributed by atoms with Crippen LogP contribution < -0.4 is 10.6 Å². The molecule has 5 heteroatoms. The molecule has 0 unspecified atom stereocenters. The van der Waals surface area contributed by atoms with Crippen molar-refractivity contribution in [2.45, 2.75) is 12.5 Å². The lowest BCUT2D eigenvalue weighted by Gasteiger charge is -2.12. The Balaban J connectivity index is 1.56. The summed E-state index contributed by atoms with van der Waals surface area (Å²) in [5.74, 6) is -1.34. The lowest BCUT2D eigenvalue weighted by molar-refractivity contribution is -0.136. The molecule has 1 aliphatic rings. The number of nitrogens with one attached hydrogen (secondary N) is 2. The van der Waals surface area contributed by atoms with Gasteiger partial charge in [0.05, 0.1) is 0 Å². The van der Waals surface area contributed by atoms with Crippen LogP contribution >= 0.6 is 0 Å². The number of rotatable bonds is 4. The van der Waals surface area contributed by atoms with Crippen LogP contribution in [0, 0.1) is 5.92 Å². The lowest BCUT2D eigenvalue weighted by atomic mass is 10.1. The first kappa shape index (κ1) is 16.9. The third-order valence-corrected chi connectivity index (χ3v) is 4.18.